The number of anilines is 1. The van der Waals surface area contributed by atoms with Crippen LogP contribution in [0.2, 0.25) is 0 Å². The van der Waals surface area contributed by atoms with E-state index in [9.17, 15) is 27.6 Å². The van der Waals surface area contributed by atoms with E-state index < -0.39 is 64.0 Å². The van der Waals surface area contributed by atoms with Crippen molar-refractivity contribution in [1.82, 2.24) is 9.78 Å². The second-order valence-corrected chi connectivity index (χ2v) is 10.5. The first kappa shape index (κ1) is 27.6. The molecule has 0 saturated heterocycles. The Labute approximate surface area is 215 Å². The molecule has 0 spiro atoms. The van der Waals surface area contributed by atoms with E-state index in [0.29, 0.717) is 12.8 Å². The molecule has 1 amide bonds. The number of halogens is 4. The summed E-state index contributed by atoms with van der Waals surface area (Å²) in [6.07, 6.45) is -3.04. The van der Waals surface area contributed by atoms with Crippen molar-refractivity contribution in [3.05, 3.63) is 40.5 Å². The highest BCUT2D eigenvalue weighted by Gasteiger charge is 2.45. The largest absolute Gasteiger partial charge is 0.459 e. The van der Waals surface area contributed by atoms with Gasteiger partial charge in [-0.3, -0.25) is 14.4 Å². The van der Waals surface area contributed by atoms with E-state index in [1.54, 1.807) is 13.8 Å². The Kier molecular flexibility index (Phi) is 7.26. The Balaban J connectivity index is 1.84. The average molecular weight is 540 g/mol. The minimum absolute atomic E-state index is 0.00293. The molecule has 206 valence electrons. The normalized spacial score (nSPS) is 21.1. The molecule has 0 bridgehead atoms. The maximum Gasteiger partial charge on any atom is 0.435 e. The minimum Gasteiger partial charge on any atom is -0.459 e. The number of hydrogen-bond donors (Lipinski definition) is 3. The molecular weight excluding hydrogens is 510 g/mol. The molecule has 0 radical (unpaired) electrons. The number of alkyl halides is 3. The number of fused-ring (bicyclic) bond motifs is 1. The SMILES string of the molecule is CC1(C)CC(=O)c2c(C(F)(F)F)nn(-c3cc(F)c(C(N)=O)c(NC4CCCCC4OC(=O)CN)c3)c2C1. The van der Waals surface area contributed by atoms with E-state index >= 15 is 4.39 Å². The van der Waals surface area contributed by atoms with Crippen LogP contribution >= 0.6 is 0 Å². The summed E-state index contributed by atoms with van der Waals surface area (Å²) in [7, 11) is 0. The molecule has 2 atom stereocenters. The molecular formula is C25H29F4N5O4. The lowest BCUT2D eigenvalue weighted by atomic mass is 9.75. The second kappa shape index (κ2) is 10.0. The van der Waals surface area contributed by atoms with Crippen molar-refractivity contribution in [2.45, 2.75) is 70.7 Å². The monoisotopic (exact) mass is 539 g/mol. The Morgan fingerprint density at radius 2 is 1.89 bits per heavy atom. The zero-order valence-corrected chi connectivity index (χ0v) is 21.0. The van der Waals surface area contributed by atoms with Crippen LogP contribution in [0.25, 0.3) is 5.69 Å². The Hall–Kier alpha value is -3.48. The number of hydrogen-bond acceptors (Lipinski definition) is 7. The third-order valence-electron chi connectivity index (χ3n) is 6.87. The van der Waals surface area contributed by atoms with Crippen LogP contribution in [0.4, 0.5) is 23.2 Å². The summed E-state index contributed by atoms with van der Waals surface area (Å²) in [6.45, 7) is 3.16. The van der Waals surface area contributed by atoms with Crippen molar-refractivity contribution in [2.24, 2.45) is 16.9 Å². The van der Waals surface area contributed by atoms with Crippen LogP contribution in [0.5, 0.6) is 0 Å². The first-order valence-electron chi connectivity index (χ1n) is 12.2. The second-order valence-electron chi connectivity index (χ2n) is 10.5. The number of primary amides is 1. The van der Waals surface area contributed by atoms with E-state index in [2.05, 4.69) is 10.4 Å². The summed E-state index contributed by atoms with van der Waals surface area (Å²) in [5.41, 5.74) is 7.54. The highest BCUT2D eigenvalue weighted by molar-refractivity contribution is 6.01. The maximum atomic E-state index is 15.3. The van der Waals surface area contributed by atoms with Gasteiger partial charge in [-0.25, -0.2) is 9.07 Å². The highest BCUT2D eigenvalue weighted by Crippen LogP contribution is 2.42. The van der Waals surface area contributed by atoms with Gasteiger partial charge in [0, 0.05) is 12.5 Å². The van der Waals surface area contributed by atoms with Gasteiger partial charge >= 0.3 is 12.1 Å². The summed E-state index contributed by atoms with van der Waals surface area (Å²) in [6, 6.07) is 1.58. The van der Waals surface area contributed by atoms with Gasteiger partial charge in [-0.05, 0) is 37.2 Å². The third kappa shape index (κ3) is 5.38. The number of ketones is 1. The summed E-state index contributed by atoms with van der Waals surface area (Å²) in [5, 5.41) is 6.71. The molecule has 0 aliphatic heterocycles. The van der Waals surface area contributed by atoms with Gasteiger partial charge in [-0.15, -0.1) is 0 Å². The van der Waals surface area contributed by atoms with Crippen LogP contribution in [0.15, 0.2) is 12.1 Å². The Morgan fingerprint density at radius 1 is 1.21 bits per heavy atom. The van der Waals surface area contributed by atoms with Gasteiger partial charge in [0.05, 0.1) is 40.8 Å². The van der Waals surface area contributed by atoms with E-state index in [4.69, 9.17) is 16.2 Å². The number of benzene rings is 1. The summed E-state index contributed by atoms with van der Waals surface area (Å²) in [4.78, 5) is 36.7. The molecule has 1 fully saturated rings. The van der Waals surface area contributed by atoms with Crippen LogP contribution in [0.1, 0.15) is 78.1 Å². The van der Waals surface area contributed by atoms with Crippen molar-refractivity contribution in [1.29, 1.82) is 0 Å². The lowest BCUT2D eigenvalue weighted by Crippen LogP contribution is -2.41. The lowest BCUT2D eigenvalue weighted by molar-refractivity contribution is -0.149. The highest BCUT2D eigenvalue weighted by atomic mass is 19.4. The average Bonchev–Trinajstić information content (AvgIpc) is 3.19. The predicted octanol–water partition coefficient (Wildman–Crippen LogP) is 3.51. The Bertz CT molecular complexity index is 1290. The van der Waals surface area contributed by atoms with Crippen LogP contribution in [0.3, 0.4) is 0 Å². The number of rotatable bonds is 6. The van der Waals surface area contributed by atoms with E-state index in [-0.39, 0.29) is 36.5 Å². The number of aromatic nitrogens is 2. The van der Waals surface area contributed by atoms with Gasteiger partial charge in [0.2, 0.25) is 0 Å². The quantitative estimate of drug-likeness (QED) is 0.377. The molecule has 2 aromatic rings. The minimum atomic E-state index is -4.92. The first-order valence-corrected chi connectivity index (χ1v) is 12.2. The first-order chi connectivity index (χ1) is 17.7. The zero-order chi connectivity index (χ0) is 28.0. The molecule has 2 aliphatic rings. The molecule has 2 aliphatic carbocycles. The molecule has 4 rings (SSSR count). The standard InChI is InChI=1S/C25H29F4N5O4/c1-24(2)9-16-21(17(35)10-24)22(25(27,28)29)33-34(16)12-7-13(26)20(23(31)37)15(8-12)32-14-5-3-4-6-18(14)38-19(36)11-30/h7-8,14,18,32H,3-6,9-11,30H2,1-2H3,(H2,31,37). The number of nitrogens with one attached hydrogen (secondary N) is 1. The zero-order valence-electron chi connectivity index (χ0n) is 21.0. The van der Waals surface area contributed by atoms with Crippen LogP contribution < -0.4 is 16.8 Å². The number of nitrogens with zero attached hydrogens (tertiary/aromatic N) is 2. The van der Waals surface area contributed by atoms with Gasteiger partial charge in [0.1, 0.15) is 11.9 Å². The Morgan fingerprint density at radius 3 is 2.53 bits per heavy atom. The number of ether oxygens (including phenoxy) is 1. The third-order valence-corrected chi connectivity index (χ3v) is 6.87. The summed E-state index contributed by atoms with van der Waals surface area (Å²) < 4.78 is 63.2. The fourth-order valence-corrected chi connectivity index (χ4v) is 5.26. The number of nitrogens with two attached hydrogens (primary N) is 2. The predicted molar refractivity (Wildman–Crippen MR) is 128 cm³/mol. The van der Waals surface area contributed by atoms with Crippen LogP contribution in [-0.4, -0.2) is 46.1 Å². The van der Waals surface area contributed by atoms with Gasteiger partial charge in [0.25, 0.3) is 5.91 Å². The van der Waals surface area contributed by atoms with Crippen molar-refractivity contribution in [2.75, 3.05) is 11.9 Å². The molecule has 1 aromatic carbocycles. The number of carbonyl (C=O) groups excluding carboxylic acids is 3. The number of amides is 1. The fraction of sp³-hybridized carbons (Fsp3) is 0.520. The van der Waals surface area contributed by atoms with Crippen molar-refractivity contribution in [3.63, 3.8) is 0 Å². The van der Waals surface area contributed by atoms with E-state index in [0.717, 1.165) is 23.6 Å². The van der Waals surface area contributed by atoms with E-state index in [1.165, 1.54) is 6.07 Å². The van der Waals surface area contributed by atoms with Crippen molar-refractivity contribution in [3.8, 4) is 5.69 Å². The molecule has 38 heavy (non-hydrogen) atoms. The van der Waals surface area contributed by atoms with Crippen molar-refractivity contribution >= 4 is 23.3 Å². The van der Waals surface area contributed by atoms with Crippen LogP contribution in [-0.2, 0) is 22.1 Å². The molecule has 9 nitrogen and oxygen atoms in total. The summed E-state index contributed by atoms with van der Waals surface area (Å²) in [5.74, 6) is -3.51. The van der Waals surface area contributed by atoms with Gasteiger partial charge in [0.15, 0.2) is 11.5 Å². The molecule has 13 heteroatoms. The number of Topliss-reactive ketones (excluding diaryl/α,β-unsaturated/α-hetero) is 1. The maximum absolute atomic E-state index is 15.3. The molecule has 2 unspecified atom stereocenters. The molecule has 1 aromatic heterocycles. The van der Waals surface area contributed by atoms with Crippen LogP contribution in [0, 0.1) is 11.2 Å². The molecule has 1 heterocycles. The fourth-order valence-electron chi connectivity index (χ4n) is 5.26. The van der Waals surface area contributed by atoms with Gasteiger partial charge in [-0.2, -0.15) is 18.3 Å². The van der Waals surface area contributed by atoms with Crippen molar-refractivity contribution < 1.29 is 36.7 Å². The molecule has 1 saturated carbocycles. The topological polar surface area (TPSA) is 142 Å². The number of carbonyl (C=O) groups is 3. The smallest absolute Gasteiger partial charge is 0.435 e. The van der Waals surface area contributed by atoms with Gasteiger partial charge in [-0.1, -0.05) is 20.3 Å². The lowest BCUT2D eigenvalue weighted by Gasteiger charge is -2.33. The number of esters is 1. The molecule has 5 N–H and O–H groups in total. The van der Waals surface area contributed by atoms with E-state index in [1.807, 2.05) is 0 Å². The summed E-state index contributed by atoms with van der Waals surface area (Å²) >= 11 is 0. The van der Waals surface area contributed by atoms with Gasteiger partial charge < -0.3 is 21.5 Å².